The van der Waals surface area contributed by atoms with E-state index in [-0.39, 0.29) is 5.78 Å². The van der Waals surface area contributed by atoms with Gasteiger partial charge in [-0.3, -0.25) is 4.79 Å². The molecule has 0 spiro atoms. The van der Waals surface area contributed by atoms with Crippen LogP contribution in [0.5, 0.6) is 0 Å². The average Bonchev–Trinajstić information content (AvgIpc) is 3.37. The fourth-order valence-electron chi connectivity index (χ4n) is 9.78. The van der Waals surface area contributed by atoms with Crippen molar-refractivity contribution in [1.29, 1.82) is 0 Å². The van der Waals surface area contributed by atoms with E-state index in [1.807, 2.05) is 42.5 Å². The van der Waals surface area contributed by atoms with E-state index in [9.17, 15) is 4.79 Å². The molecule has 0 saturated heterocycles. The molecule has 64 heavy (non-hydrogen) atoms. The smallest absolute Gasteiger partial charge is 0.193 e. The van der Waals surface area contributed by atoms with E-state index < -0.39 is 0 Å². The SMILES string of the molecule is O=C(c1ccccc1)c1ccc(-c2ccc3c(c2)c(-c2ccc4ccccc4c2)c(-c2ccc4ccccc4c2)c2cc(-c4cc5ccccc5cc4-c4ccccc4)ccc23)cc1. The molecule has 0 unspecified atom stereocenters. The number of hydrogen-bond donors (Lipinski definition) is 0. The van der Waals surface area contributed by atoms with Gasteiger partial charge in [0.2, 0.25) is 0 Å². The number of fused-ring (bicyclic) bond motifs is 6. The van der Waals surface area contributed by atoms with Gasteiger partial charge in [-0.25, -0.2) is 0 Å². The van der Waals surface area contributed by atoms with Crippen LogP contribution in [0.25, 0.3) is 109 Å². The fourth-order valence-corrected chi connectivity index (χ4v) is 9.78. The third kappa shape index (κ3) is 6.54. The minimum Gasteiger partial charge on any atom is -0.289 e. The Morgan fingerprint density at radius 2 is 0.625 bits per heavy atom. The lowest BCUT2D eigenvalue weighted by Gasteiger charge is -2.21. The first-order valence-corrected chi connectivity index (χ1v) is 21.9. The molecule has 12 rings (SSSR count). The number of carbonyl (C=O) groups is 1. The molecule has 0 aliphatic rings. The maximum atomic E-state index is 13.4. The Balaban J connectivity index is 1.15. The first kappa shape index (κ1) is 37.4. The molecule has 0 atom stereocenters. The van der Waals surface area contributed by atoms with Crippen LogP contribution in [0.4, 0.5) is 0 Å². The highest BCUT2D eigenvalue weighted by Crippen LogP contribution is 2.48. The molecule has 0 heterocycles. The highest BCUT2D eigenvalue weighted by atomic mass is 16.1. The Hall–Kier alpha value is -8.39. The molecule has 1 heteroatoms. The molecule has 0 radical (unpaired) electrons. The molecule has 0 aliphatic heterocycles. The quantitative estimate of drug-likeness (QED) is 0.116. The van der Waals surface area contributed by atoms with Crippen LogP contribution in [0.1, 0.15) is 15.9 Å². The first-order valence-electron chi connectivity index (χ1n) is 21.9. The zero-order valence-electron chi connectivity index (χ0n) is 35.0. The maximum Gasteiger partial charge on any atom is 0.193 e. The second-order valence-electron chi connectivity index (χ2n) is 16.8. The van der Waals surface area contributed by atoms with Crippen LogP contribution in [0.3, 0.4) is 0 Å². The van der Waals surface area contributed by atoms with Gasteiger partial charge < -0.3 is 0 Å². The monoisotopic (exact) mass is 812 g/mol. The molecule has 12 aromatic rings. The van der Waals surface area contributed by atoms with Gasteiger partial charge in [-0.2, -0.15) is 0 Å². The topological polar surface area (TPSA) is 17.1 Å². The highest BCUT2D eigenvalue weighted by molar-refractivity contribution is 6.23. The van der Waals surface area contributed by atoms with Crippen molar-refractivity contribution in [2.24, 2.45) is 0 Å². The third-order valence-corrected chi connectivity index (χ3v) is 13.0. The fraction of sp³-hybridized carbons (Fsp3) is 0. The number of rotatable bonds is 7. The summed E-state index contributed by atoms with van der Waals surface area (Å²) in [4.78, 5) is 13.4. The van der Waals surface area contributed by atoms with E-state index in [0.717, 1.165) is 16.7 Å². The summed E-state index contributed by atoms with van der Waals surface area (Å²) >= 11 is 0. The summed E-state index contributed by atoms with van der Waals surface area (Å²) in [6.45, 7) is 0. The van der Waals surface area contributed by atoms with Crippen LogP contribution in [0.15, 0.2) is 243 Å². The molecule has 0 amide bonds. The molecule has 298 valence electrons. The van der Waals surface area contributed by atoms with Crippen molar-refractivity contribution in [2.75, 3.05) is 0 Å². The van der Waals surface area contributed by atoms with Gasteiger partial charge in [-0.1, -0.05) is 206 Å². The van der Waals surface area contributed by atoms with Gasteiger partial charge in [-0.05, 0) is 146 Å². The van der Waals surface area contributed by atoms with E-state index >= 15 is 0 Å². The molecule has 0 aliphatic carbocycles. The van der Waals surface area contributed by atoms with Crippen molar-refractivity contribution in [3.05, 3.63) is 254 Å². The Morgan fingerprint density at radius 3 is 1.17 bits per heavy atom. The van der Waals surface area contributed by atoms with Gasteiger partial charge in [0, 0.05) is 11.1 Å². The number of hydrogen-bond acceptors (Lipinski definition) is 1. The van der Waals surface area contributed by atoms with E-state index in [2.05, 4.69) is 200 Å². The predicted octanol–water partition coefficient (Wildman–Crippen LogP) is 17.0. The summed E-state index contributed by atoms with van der Waals surface area (Å²) in [5, 5.41) is 12.0. The Kier molecular flexibility index (Phi) is 9.06. The maximum absolute atomic E-state index is 13.4. The summed E-state index contributed by atoms with van der Waals surface area (Å²) in [7, 11) is 0. The molecule has 0 saturated carbocycles. The molecule has 0 bridgehead atoms. The summed E-state index contributed by atoms with van der Waals surface area (Å²) in [5.41, 5.74) is 13.0. The van der Waals surface area contributed by atoms with Crippen molar-refractivity contribution in [3.63, 3.8) is 0 Å². The largest absolute Gasteiger partial charge is 0.289 e. The van der Waals surface area contributed by atoms with Crippen molar-refractivity contribution in [3.8, 4) is 55.6 Å². The average molecular weight is 813 g/mol. The molecular formula is C63H40O. The Bertz CT molecular complexity index is 3770. The van der Waals surface area contributed by atoms with Gasteiger partial charge in [0.25, 0.3) is 0 Å². The predicted molar refractivity (Wildman–Crippen MR) is 271 cm³/mol. The summed E-state index contributed by atoms with van der Waals surface area (Å²) in [6, 6.07) is 86.9. The summed E-state index contributed by atoms with van der Waals surface area (Å²) in [5.74, 6) is 0.0229. The second kappa shape index (κ2) is 15.5. The van der Waals surface area contributed by atoms with Crippen LogP contribution in [-0.4, -0.2) is 5.78 Å². The van der Waals surface area contributed by atoms with Gasteiger partial charge in [0.15, 0.2) is 5.78 Å². The molecule has 0 N–H and O–H groups in total. The minimum atomic E-state index is 0.0229. The van der Waals surface area contributed by atoms with Crippen LogP contribution in [0, 0.1) is 0 Å². The van der Waals surface area contributed by atoms with Gasteiger partial charge in [0.1, 0.15) is 0 Å². The minimum absolute atomic E-state index is 0.0229. The first-order chi connectivity index (χ1) is 31.6. The zero-order chi connectivity index (χ0) is 42.6. The van der Waals surface area contributed by atoms with Crippen LogP contribution in [-0.2, 0) is 0 Å². The third-order valence-electron chi connectivity index (χ3n) is 13.0. The number of carbonyl (C=O) groups excluding carboxylic acids is 1. The molecule has 12 aromatic carbocycles. The number of benzene rings is 12. The molecule has 0 aromatic heterocycles. The van der Waals surface area contributed by atoms with Crippen molar-refractivity contribution in [2.45, 2.75) is 0 Å². The van der Waals surface area contributed by atoms with Crippen LogP contribution >= 0.6 is 0 Å². The van der Waals surface area contributed by atoms with Crippen LogP contribution < -0.4 is 0 Å². The molecule has 1 nitrogen and oxygen atoms in total. The van der Waals surface area contributed by atoms with E-state index in [4.69, 9.17) is 0 Å². The summed E-state index contributed by atoms with van der Waals surface area (Å²) < 4.78 is 0. The molecular weight excluding hydrogens is 773 g/mol. The highest BCUT2D eigenvalue weighted by Gasteiger charge is 2.21. The van der Waals surface area contributed by atoms with Crippen molar-refractivity contribution in [1.82, 2.24) is 0 Å². The Labute approximate surface area is 372 Å². The second-order valence-corrected chi connectivity index (χ2v) is 16.8. The van der Waals surface area contributed by atoms with Crippen molar-refractivity contribution >= 4 is 59.6 Å². The van der Waals surface area contributed by atoms with Gasteiger partial charge in [0.05, 0.1) is 0 Å². The standard InChI is InChI=1S/C63H40O/c64-63(45-17-5-2-6-18-45)46-27-23-43(24-28-46)51-31-33-55-56-34-32-52(58-38-50-22-12-11-21-49(50)37-57(58)44-15-3-1-4-16-44)40-60(56)62(54-30-26-42-14-8-10-20-48(42)36-54)61(59(55)39-51)53-29-25-41-13-7-9-19-47(41)35-53/h1-40H. The van der Waals surface area contributed by atoms with Gasteiger partial charge in [-0.15, -0.1) is 0 Å². The van der Waals surface area contributed by atoms with E-state index in [0.29, 0.717) is 11.1 Å². The molecule has 0 fully saturated rings. The normalized spacial score (nSPS) is 11.5. The Morgan fingerprint density at radius 1 is 0.234 bits per heavy atom. The van der Waals surface area contributed by atoms with E-state index in [1.165, 1.54) is 92.8 Å². The number of ketones is 1. The van der Waals surface area contributed by atoms with Crippen LogP contribution in [0.2, 0.25) is 0 Å². The van der Waals surface area contributed by atoms with Crippen molar-refractivity contribution < 1.29 is 4.79 Å². The lowest BCUT2D eigenvalue weighted by molar-refractivity contribution is 0.103. The lowest BCUT2D eigenvalue weighted by Crippen LogP contribution is -2.00. The van der Waals surface area contributed by atoms with Gasteiger partial charge >= 0.3 is 0 Å². The summed E-state index contributed by atoms with van der Waals surface area (Å²) in [6.07, 6.45) is 0. The lowest BCUT2D eigenvalue weighted by atomic mass is 9.82. The zero-order valence-corrected chi connectivity index (χ0v) is 35.0. The van der Waals surface area contributed by atoms with E-state index in [1.54, 1.807) is 0 Å².